The fourth-order valence-corrected chi connectivity index (χ4v) is 2.73. The van der Waals surface area contributed by atoms with Crippen LogP contribution in [0.4, 0.5) is 20.4 Å². The maximum atomic E-state index is 13.2. The normalized spacial score (nSPS) is 10.6. The van der Waals surface area contributed by atoms with Crippen LogP contribution in [0.1, 0.15) is 23.1 Å². The van der Waals surface area contributed by atoms with Gasteiger partial charge in [0.05, 0.1) is 0 Å². The Morgan fingerprint density at radius 2 is 2.04 bits per heavy atom. The number of aryl methyl sites for hydroxylation is 1. The molecule has 0 spiro atoms. The van der Waals surface area contributed by atoms with Crippen LogP contribution in [0.3, 0.4) is 0 Å². The van der Waals surface area contributed by atoms with E-state index in [1.807, 2.05) is 6.92 Å². The third-order valence-electron chi connectivity index (χ3n) is 3.39. The maximum Gasteiger partial charge on any atom is 0.258 e. The van der Waals surface area contributed by atoms with Crippen LogP contribution in [0.15, 0.2) is 47.4 Å². The highest BCUT2D eigenvalue weighted by molar-refractivity contribution is 8.00. The Hall–Kier alpha value is -2.94. The first-order valence-electron chi connectivity index (χ1n) is 7.75. The highest BCUT2D eigenvalue weighted by atomic mass is 32.2. The summed E-state index contributed by atoms with van der Waals surface area (Å²) >= 11 is 1.11. The number of halogens is 2. The largest absolute Gasteiger partial charge is 0.326 e. The molecule has 1 aromatic heterocycles. The maximum absolute atomic E-state index is 13.2. The average molecular weight is 375 g/mol. The summed E-state index contributed by atoms with van der Waals surface area (Å²) in [5.74, 6) is -1.28. The summed E-state index contributed by atoms with van der Waals surface area (Å²) in [6.45, 7) is 1.92. The number of H-pyrrole nitrogens is 1. The summed E-state index contributed by atoms with van der Waals surface area (Å²) in [6, 6.07) is 10.4. The van der Waals surface area contributed by atoms with Crippen molar-refractivity contribution in [3.05, 3.63) is 65.5 Å². The number of carbonyl (C=O) groups excluding carboxylic acids is 1. The lowest BCUT2D eigenvalue weighted by Gasteiger charge is -2.07. The zero-order valence-corrected chi connectivity index (χ0v) is 14.5. The molecule has 0 bridgehead atoms. The van der Waals surface area contributed by atoms with Crippen molar-refractivity contribution >= 4 is 29.5 Å². The minimum Gasteiger partial charge on any atom is -0.326 e. The number of aromatic nitrogens is 3. The molecule has 26 heavy (non-hydrogen) atoms. The molecule has 0 aliphatic heterocycles. The average Bonchev–Trinajstić information content (AvgIpc) is 3.10. The van der Waals surface area contributed by atoms with Crippen LogP contribution in [-0.2, 0) is 6.42 Å². The number of nitrogens with one attached hydrogen (secondary N) is 3. The van der Waals surface area contributed by atoms with Gasteiger partial charge in [0, 0.05) is 22.6 Å². The Labute approximate surface area is 152 Å². The Kier molecular flexibility index (Phi) is 5.47. The first-order valence-corrected chi connectivity index (χ1v) is 8.57. The summed E-state index contributed by atoms with van der Waals surface area (Å²) in [4.78, 5) is 16.9. The molecule has 6 nitrogen and oxygen atoms in total. The molecule has 0 radical (unpaired) electrons. The highest BCUT2D eigenvalue weighted by Gasteiger charge is 2.10. The monoisotopic (exact) mass is 375 g/mol. The Morgan fingerprint density at radius 1 is 1.19 bits per heavy atom. The molecule has 9 heteroatoms. The van der Waals surface area contributed by atoms with Crippen molar-refractivity contribution in [2.24, 2.45) is 0 Å². The fraction of sp³-hybridized carbons (Fsp3) is 0.118. The second-order valence-corrected chi connectivity index (χ2v) is 6.15. The Morgan fingerprint density at radius 3 is 2.77 bits per heavy atom. The SMILES string of the molecule is CCc1nc(NC(=O)c2cccc(NSc3ccc(F)c(F)c3)c2)n[nH]1. The van der Waals surface area contributed by atoms with E-state index in [0.29, 0.717) is 28.4 Å². The molecule has 3 rings (SSSR count). The third-order valence-corrected chi connectivity index (χ3v) is 4.22. The minimum absolute atomic E-state index is 0.210. The van der Waals surface area contributed by atoms with E-state index in [4.69, 9.17) is 0 Å². The Balaban J connectivity index is 1.65. The Bertz CT molecular complexity index is 931. The molecule has 1 amide bonds. The van der Waals surface area contributed by atoms with Crippen LogP contribution in [0.2, 0.25) is 0 Å². The van der Waals surface area contributed by atoms with E-state index in [1.54, 1.807) is 24.3 Å². The molecule has 2 aromatic carbocycles. The van der Waals surface area contributed by atoms with Crippen molar-refractivity contribution in [1.29, 1.82) is 0 Å². The van der Waals surface area contributed by atoms with E-state index < -0.39 is 11.6 Å². The molecule has 3 N–H and O–H groups in total. The molecule has 0 atom stereocenters. The molecule has 0 saturated heterocycles. The second kappa shape index (κ2) is 7.96. The molecule has 0 fully saturated rings. The van der Waals surface area contributed by atoms with Crippen molar-refractivity contribution in [1.82, 2.24) is 15.2 Å². The summed E-state index contributed by atoms with van der Waals surface area (Å²) in [5.41, 5.74) is 1.04. The molecule has 1 heterocycles. The highest BCUT2D eigenvalue weighted by Crippen LogP contribution is 2.23. The molecule has 0 saturated carbocycles. The number of nitrogens with zero attached hydrogens (tertiary/aromatic N) is 2. The summed E-state index contributed by atoms with van der Waals surface area (Å²) in [5, 5.41) is 9.24. The van der Waals surface area contributed by atoms with Gasteiger partial charge in [0.15, 0.2) is 11.6 Å². The second-order valence-electron chi connectivity index (χ2n) is 5.27. The summed E-state index contributed by atoms with van der Waals surface area (Å²) in [6.07, 6.45) is 0.684. The number of carbonyl (C=O) groups is 1. The quantitative estimate of drug-likeness (QED) is 0.567. The van der Waals surface area contributed by atoms with Gasteiger partial charge >= 0.3 is 0 Å². The van der Waals surface area contributed by atoms with Gasteiger partial charge in [-0.25, -0.2) is 8.78 Å². The number of rotatable bonds is 6. The number of hydrogen-bond acceptors (Lipinski definition) is 5. The van der Waals surface area contributed by atoms with Crippen LogP contribution in [0.25, 0.3) is 0 Å². The van der Waals surface area contributed by atoms with Gasteiger partial charge in [0.1, 0.15) is 5.82 Å². The van der Waals surface area contributed by atoms with Gasteiger partial charge in [-0.1, -0.05) is 13.0 Å². The first-order chi connectivity index (χ1) is 12.5. The first kappa shape index (κ1) is 17.9. The van der Waals surface area contributed by atoms with E-state index in [2.05, 4.69) is 25.2 Å². The van der Waals surface area contributed by atoms with Gasteiger partial charge in [-0.2, -0.15) is 4.98 Å². The lowest BCUT2D eigenvalue weighted by molar-refractivity contribution is 0.102. The van der Waals surface area contributed by atoms with Gasteiger partial charge in [0.2, 0.25) is 5.95 Å². The third kappa shape index (κ3) is 4.37. The van der Waals surface area contributed by atoms with Crippen LogP contribution in [-0.4, -0.2) is 21.1 Å². The van der Waals surface area contributed by atoms with E-state index in [1.165, 1.54) is 6.07 Å². The predicted octanol–water partition coefficient (Wildman–Crippen LogP) is 4.02. The van der Waals surface area contributed by atoms with Crippen LogP contribution >= 0.6 is 11.9 Å². The number of anilines is 2. The molecule has 0 aliphatic rings. The van der Waals surface area contributed by atoms with Gasteiger partial charge in [0.25, 0.3) is 5.91 Å². The number of amides is 1. The van der Waals surface area contributed by atoms with E-state index in [-0.39, 0.29) is 11.9 Å². The number of aromatic amines is 1. The standard InChI is InChI=1S/C17H15F2N5OS/c1-2-15-20-17(23-22-15)21-16(25)10-4-3-5-11(8-10)24-26-12-6-7-13(18)14(19)9-12/h3-9,24H,2H2,1H3,(H2,20,21,22,23,25). The lowest BCUT2D eigenvalue weighted by Crippen LogP contribution is -2.13. The van der Waals surface area contributed by atoms with Crippen molar-refractivity contribution in [2.75, 3.05) is 10.0 Å². The molecule has 3 aromatic rings. The number of benzene rings is 2. The molecule has 0 aliphatic carbocycles. The molecular weight excluding hydrogens is 360 g/mol. The van der Waals surface area contributed by atoms with Crippen LogP contribution in [0.5, 0.6) is 0 Å². The van der Waals surface area contributed by atoms with Gasteiger partial charge in [-0.15, -0.1) is 5.10 Å². The van der Waals surface area contributed by atoms with Gasteiger partial charge in [-0.05, 0) is 48.3 Å². The van der Waals surface area contributed by atoms with Crippen LogP contribution < -0.4 is 10.0 Å². The summed E-state index contributed by atoms with van der Waals surface area (Å²) in [7, 11) is 0. The van der Waals surface area contributed by atoms with Crippen molar-refractivity contribution in [3.63, 3.8) is 0 Å². The molecule has 0 unspecified atom stereocenters. The number of hydrogen-bond donors (Lipinski definition) is 3. The van der Waals surface area contributed by atoms with E-state index >= 15 is 0 Å². The topological polar surface area (TPSA) is 82.7 Å². The lowest BCUT2D eigenvalue weighted by atomic mass is 10.2. The van der Waals surface area contributed by atoms with Gasteiger partial charge in [-0.3, -0.25) is 15.2 Å². The zero-order valence-electron chi connectivity index (χ0n) is 13.7. The van der Waals surface area contributed by atoms with Gasteiger partial charge < -0.3 is 4.72 Å². The molecular formula is C17H15F2N5OS. The summed E-state index contributed by atoms with van der Waals surface area (Å²) < 4.78 is 29.2. The van der Waals surface area contributed by atoms with Crippen molar-refractivity contribution in [2.45, 2.75) is 18.2 Å². The van der Waals surface area contributed by atoms with E-state index in [0.717, 1.165) is 24.1 Å². The fourth-order valence-electron chi connectivity index (χ4n) is 2.07. The van der Waals surface area contributed by atoms with Crippen molar-refractivity contribution < 1.29 is 13.6 Å². The minimum atomic E-state index is -0.914. The zero-order chi connectivity index (χ0) is 18.5. The predicted molar refractivity (Wildman–Crippen MR) is 96.0 cm³/mol. The van der Waals surface area contributed by atoms with E-state index in [9.17, 15) is 13.6 Å². The van der Waals surface area contributed by atoms with Crippen LogP contribution in [0, 0.1) is 11.6 Å². The smallest absolute Gasteiger partial charge is 0.258 e. The van der Waals surface area contributed by atoms with Crippen molar-refractivity contribution in [3.8, 4) is 0 Å². The molecule has 134 valence electrons.